The Bertz CT molecular complexity index is 1150. The number of rotatable bonds is 12. The molecule has 8 heteroatoms. The van der Waals surface area contributed by atoms with Crippen molar-refractivity contribution in [1.29, 1.82) is 0 Å². The minimum Gasteiger partial charge on any atom is -0.352 e. The molecule has 0 aliphatic rings. The molecule has 36 heavy (non-hydrogen) atoms. The largest absolute Gasteiger partial charge is 0.352 e. The summed E-state index contributed by atoms with van der Waals surface area (Å²) in [7, 11) is -3.53. The van der Waals surface area contributed by atoms with E-state index in [1.807, 2.05) is 77.1 Å². The second-order valence-corrected chi connectivity index (χ2v) is 11.6. The molecule has 0 unspecified atom stereocenters. The molecule has 0 saturated carbocycles. The van der Waals surface area contributed by atoms with E-state index >= 15 is 0 Å². The Labute approximate surface area is 216 Å². The van der Waals surface area contributed by atoms with Gasteiger partial charge in [0.2, 0.25) is 21.8 Å². The van der Waals surface area contributed by atoms with Crippen LogP contribution in [-0.4, -0.2) is 50.0 Å². The van der Waals surface area contributed by atoms with E-state index in [0.717, 1.165) is 28.7 Å². The fraction of sp³-hybridized carbons (Fsp3) is 0.500. The maximum Gasteiger partial charge on any atom is 0.242 e. The van der Waals surface area contributed by atoms with Gasteiger partial charge >= 0.3 is 0 Å². The molecule has 1 N–H and O–H groups in total. The summed E-state index contributed by atoms with van der Waals surface area (Å²) in [5.74, 6) is -0.380. The van der Waals surface area contributed by atoms with Gasteiger partial charge in [0, 0.05) is 25.6 Å². The average Bonchev–Trinajstić information content (AvgIpc) is 2.81. The van der Waals surface area contributed by atoms with Gasteiger partial charge in [0.1, 0.15) is 6.04 Å². The third-order valence-corrected chi connectivity index (χ3v) is 7.61. The van der Waals surface area contributed by atoms with E-state index in [9.17, 15) is 18.0 Å². The zero-order valence-corrected chi connectivity index (χ0v) is 23.5. The van der Waals surface area contributed by atoms with Gasteiger partial charge in [-0.25, -0.2) is 8.42 Å². The maximum atomic E-state index is 13.4. The summed E-state index contributed by atoms with van der Waals surface area (Å²) in [5, 5.41) is 2.97. The van der Waals surface area contributed by atoms with Crippen LogP contribution in [0.25, 0.3) is 0 Å². The Balaban J connectivity index is 2.20. The second-order valence-electron chi connectivity index (χ2n) is 9.73. The van der Waals surface area contributed by atoms with Gasteiger partial charge in [-0.1, -0.05) is 48.9 Å². The number of benzene rings is 2. The normalized spacial score (nSPS) is 13.1. The molecule has 0 aliphatic carbocycles. The number of hydrogen-bond donors (Lipinski definition) is 1. The minimum atomic E-state index is -3.53. The van der Waals surface area contributed by atoms with Gasteiger partial charge < -0.3 is 10.2 Å². The van der Waals surface area contributed by atoms with Crippen LogP contribution >= 0.6 is 0 Å². The molecule has 0 aliphatic heterocycles. The van der Waals surface area contributed by atoms with E-state index in [2.05, 4.69) is 5.32 Å². The first kappa shape index (κ1) is 29.4. The van der Waals surface area contributed by atoms with Crippen molar-refractivity contribution in [3.05, 3.63) is 64.7 Å². The van der Waals surface area contributed by atoms with E-state index in [-0.39, 0.29) is 30.8 Å². The van der Waals surface area contributed by atoms with E-state index in [1.165, 1.54) is 10.6 Å². The van der Waals surface area contributed by atoms with Crippen LogP contribution in [0, 0.1) is 20.8 Å². The van der Waals surface area contributed by atoms with Crippen LogP contribution in [0.5, 0.6) is 0 Å². The minimum absolute atomic E-state index is 0.0113. The van der Waals surface area contributed by atoms with Gasteiger partial charge in [-0.3, -0.25) is 13.9 Å². The van der Waals surface area contributed by atoms with Crippen LogP contribution in [0.3, 0.4) is 0 Å². The van der Waals surface area contributed by atoms with Crippen LogP contribution in [-0.2, 0) is 26.2 Å². The average molecular weight is 516 g/mol. The van der Waals surface area contributed by atoms with Crippen LogP contribution in [0.2, 0.25) is 0 Å². The molecule has 0 aromatic heterocycles. The first-order valence-corrected chi connectivity index (χ1v) is 14.4. The fourth-order valence-electron chi connectivity index (χ4n) is 3.91. The summed E-state index contributed by atoms with van der Waals surface area (Å²) in [6, 6.07) is 12.9. The lowest BCUT2D eigenvalue weighted by Crippen LogP contribution is -2.49. The molecule has 7 nitrogen and oxygen atoms in total. The van der Waals surface area contributed by atoms with Gasteiger partial charge in [-0.15, -0.1) is 0 Å². The second kappa shape index (κ2) is 12.9. The Morgan fingerprint density at radius 1 is 0.972 bits per heavy atom. The predicted octanol–water partition coefficient (Wildman–Crippen LogP) is 4.49. The molecule has 0 saturated heterocycles. The number of nitrogens with one attached hydrogen (secondary N) is 1. The quantitative estimate of drug-likeness (QED) is 0.451. The molecule has 0 bridgehead atoms. The molecular formula is C28H41N3O4S. The molecule has 0 fully saturated rings. The smallest absolute Gasteiger partial charge is 0.242 e. The molecule has 2 rings (SSSR count). The number of sulfonamides is 1. The van der Waals surface area contributed by atoms with E-state index in [4.69, 9.17) is 0 Å². The van der Waals surface area contributed by atoms with Crippen LogP contribution in [0.15, 0.2) is 42.5 Å². The summed E-state index contributed by atoms with van der Waals surface area (Å²) in [4.78, 5) is 27.8. The van der Waals surface area contributed by atoms with Crippen molar-refractivity contribution in [2.45, 2.75) is 79.4 Å². The lowest BCUT2D eigenvalue weighted by Gasteiger charge is -2.30. The lowest BCUT2D eigenvalue weighted by atomic mass is 10.1. The van der Waals surface area contributed by atoms with Crippen LogP contribution in [0.1, 0.15) is 62.3 Å². The Morgan fingerprint density at radius 2 is 1.58 bits per heavy atom. The van der Waals surface area contributed by atoms with E-state index < -0.39 is 16.1 Å². The van der Waals surface area contributed by atoms with Crippen LogP contribution in [0.4, 0.5) is 5.69 Å². The molecule has 0 spiro atoms. The molecule has 198 valence electrons. The highest BCUT2D eigenvalue weighted by Gasteiger charge is 2.27. The maximum absolute atomic E-state index is 13.4. The summed E-state index contributed by atoms with van der Waals surface area (Å²) in [6.45, 7) is 11.9. The number of nitrogens with zero attached hydrogens (tertiary/aromatic N) is 2. The highest BCUT2D eigenvalue weighted by molar-refractivity contribution is 7.92. The third kappa shape index (κ3) is 8.36. The Kier molecular flexibility index (Phi) is 10.5. The van der Waals surface area contributed by atoms with E-state index in [0.29, 0.717) is 18.7 Å². The number of carbonyl (C=O) groups is 2. The first-order chi connectivity index (χ1) is 16.8. The molecular weight excluding hydrogens is 474 g/mol. The first-order valence-electron chi connectivity index (χ1n) is 12.5. The van der Waals surface area contributed by atoms with E-state index in [1.54, 1.807) is 11.8 Å². The van der Waals surface area contributed by atoms with Crippen molar-refractivity contribution in [1.82, 2.24) is 10.2 Å². The molecule has 2 amide bonds. The molecule has 0 radical (unpaired) electrons. The number of hydrogen-bond acceptors (Lipinski definition) is 4. The highest BCUT2D eigenvalue weighted by atomic mass is 32.2. The summed E-state index contributed by atoms with van der Waals surface area (Å²) < 4.78 is 26.5. The number of amides is 2. The monoisotopic (exact) mass is 515 g/mol. The number of carbonyl (C=O) groups excluding carboxylic acids is 2. The topological polar surface area (TPSA) is 86.8 Å². The molecule has 2 aromatic rings. The standard InChI is InChI=1S/C28H41N3O4S/c1-8-23(5)29-28(33)24(6)30(19-25-15-12-20(2)13-16-25)27(32)10-9-17-31(36(7,34)35)26-18-21(3)11-14-22(26)4/h11-16,18,23-24H,8-10,17,19H2,1-7H3,(H,29,33)/t23-,24-/m1/s1. The molecule has 2 atom stereocenters. The predicted molar refractivity (Wildman–Crippen MR) is 146 cm³/mol. The van der Waals surface area contributed by atoms with Crippen LogP contribution < -0.4 is 9.62 Å². The zero-order chi connectivity index (χ0) is 27.0. The van der Waals surface area contributed by atoms with Gasteiger partial charge in [0.15, 0.2) is 0 Å². The summed E-state index contributed by atoms with van der Waals surface area (Å²) in [6.07, 6.45) is 2.44. The van der Waals surface area contributed by atoms with Crippen molar-refractivity contribution in [3.63, 3.8) is 0 Å². The van der Waals surface area contributed by atoms with Crippen molar-refractivity contribution >= 4 is 27.5 Å². The Hall–Kier alpha value is -2.87. The summed E-state index contributed by atoms with van der Waals surface area (Å²) >= 11 is 0. The zero-order valence-electron chi connectivity index (χ0n) is 22.7. The number of anilines is 1. The van der Waals surface area contributed by atoms with Gasteiger partial charge in [0.25, 0.3) is 0 Å². The summed E-state index contributed by atoms with van der Waals surface area (Å²) in [5.41, 5.74) is 4.50. The highest BCUT2D eigenvalue weighted by Crippen LogP contribution is 2.24. The van der Waals surface area contributed by atoms with Crippen molar-refractivity contribution < 1.29 is 18.0 Å². The van der Waals surface area contributed by atoms with Gasteiger partial charge in [0.05, 0.1) is 11.9 Å². The van der Waals surface area contributed by atoms with Gasteiger partial charge in [-0.2, -0.15) is 0 Å². The fourth-order valence-corrected chi connectivity index (χ4v) is 4.92. The molecule has 2 aromatic carbocycles. The Morgan fingerprint density at radius 3 is 2.17 bits per heavy atom. The SMILES string of the molecule is CC[C@@H](C)NC(=O)[C@@H](C)N(Cc1ccc(C)cc1)C(=O)CCCN(c1cc(C)ccc1C)S(C)(=O)=O. The molecule has 0 heterocycles. The number of aryl methyl sites for hydroxylation is 3. The third-order valence-electron chi connectivity index (χ3n) is 6.43. The van der Waals surface area contributed by atoms with Gasteiger partial charge in [-0.05, 0) is 70.2 Å². The van der Waals surface area contributed by atoms with Crippen molar-refractivity contribution in [2.75, 3.05) is 17.1 Å². The van der Waals surface area contributed by atoms with Crippen molar-refractivity contribution in [2.24, 2.45) is 0 Å². The van der Waals surface area contributed by atoms with Crippen molar-refractivity contribution in [3.8, 4) is 0 Å². The lowest BCUT2D eigenvalue weighted by molar-refractivity contribution is -0.140.